The van der Waals surface area contributed by atoms with Crippen molar-refractivity contribution in [2.45, 2.75) is 13.8 Å². The number of benzene rings is 2. The molecule has 2 aromatic rings. The third kappa shape index (κ3) is 4.69. The lowest BCUT2D eigenvalue weighted by Gasteiger charge is -1.96. The van der Waals surface area contributed by atoms with Crippen molar-refractivity contribution in [3.8, 4) is 6.07 Å². The van der Waals surface area contributed by atoms with Gasteiger partial charge in [-0.25, -0.2) is 13.6 Å². The number of carboxylic acids is 1. The van der Waals surface area contributed by atoms with Crippen LogP contribution in [0.3, 0.4) is 0 Å². The number of aromatic carboxylic acids is 1. The Balaban J connectivity index is 0.000000211. The summed E-state index contributed by atoms with van der Waals surface area (Å²) in [5, 5.41) is 16.7. The number of halogens is 2. The third-order valence-corrected chi connectivity index (χ3v) is 2.60. The summed E-state index contributed by atoms with van der Waals surface area (Å²) < 4.78 is 25.3. The molecule has 0 aliphatic heterocycles. The van der Waals surface area contributed by atoms with Crippen molar-refractivity contribution in [2.24, 2.45) is 0 Å². The molecule has 0 bridgehead atoms. The van der Waals surface area contributed by atoms with E-state index < -0.39 is 17.6 Å². The van der Waals surface area contributed by atoms with Crippen molar-refractivity contribution in [1.82, 2.24) is 0 Å². The van der Waals surface area contributed by atoms with Gasteiger partial charge in [0.05, 0.1) is 11.1 Å². The van der Waals surface area contributed by atoms with Crippen molar-refractivity contribution in [3.05, 3.63) is 70.3 Å². The molecule has 2 aromatic carbocycles. The van der Waals surface area contributed by atoms with Crippen LogP contribution in [0.2, 0.25) is 0 Å². The van der Waals surface area contributed by atoms with Gasteiger partial charge in [-0.3, -0.25) is 0 Å². The van der Waals surface area contributed by atoms with E-state index >= 15 is 0 Å². The largest absolute Gasteiger partial charge is 0.478 e. The molecular formula is C16H13F2NO2. The molecule has 0 aliphatic rings. The molecular weight excluding hydrogens is 276 g/mol. The first-order chi connectivity index (χ1) is 9.85. The highest BCUT2D eigenvalue weighted by Gasteiger charge is 2.08. The second-order valence-corrected chi connectivity index (χ2v) is 4.38. The minimum absolute atomic E-state index is 0.102. The molecule has 5 heteroatoms. The molecule has 0 saturated heterocycles. The molecule has 108 valence electrons. The first kappa shape index (κ1) is 16.3. The standard InChI is InChI=1S/C8H6FN.C8H7FO2/c1-6-2-3-7(5-10)8(9)4-6;1-5-2-3-6(8(10)11)7(9)4-5/h2-4H,1H3;2-4H,1H3,(H,10,11). The molecule has 0 aromatic heterocycles. The number of carboxylic acid groups (broad SMARTS) is 1. The highest BCUT2D eigenvalue weighted by Crippen LogP contribution is 2.09. The summed E-state index contributed by atoms with van der Waals surface area (Å²) in [6.07, 6.45) is 0. The van der Waals surface area contributed by atoms with E-state index in [-0.39, 0.29) is 11.1 Å². The Bertz CT molecular complexity index is 706. The van der Waals surface area contributed by atoms with Gasteiger partial charge in [-0.15, -0.1) is 0 Å². The number of hydrogen-bond donors (Lipinski definition) is 1. The van der Waals surface area contributed by atoms with Crippen LogP contribution in [0.5, 0.6) is 0 Å². The number of rotatable bonds is 1. The van der Waals surface area contributed by atoms with Gasteiger partial charge < -0.3 is 5.11 Å². The molecule has 3 nitrogen and oxygen atoms in total. The van der Waals surface area contributed by atoms with Crippen LogP contribution in [0.1, 0.15) is 27.0 Å². The summed E-state index contributed by atoms with van der Waals surface area (Å²) in [4.78, 5) is 10.3. The number of nitrogens with zero attached hydrogens (tertiary/aromatic N) is 1. The minimum atomic E-state index is -1.23. The SMILES string of the molecule is Cc1ccc(C#N)c(F)c1.Cc1ccc(C(=O)O)c(F)c1. The lowest BCUT2D eigenvalue weighted by molar-refractivity contribution is 0.0692. The average Bonchev–Trinajstić information content (AvgIpc) is 2.39. The van der Waals surface area contributed by atoms with Crippen LogP contribution >= 0.6 is 0 Å². The fourth-order valence-electron chi connectivity index (χ4n) is 1.50. The van der Waals surface area contributed by atoms with Gasteiger partial charge in [-0.05, 0) is 49.2 Å². The summed E-state index contributed by atoms with van der Waals surface area (Å²) in [5.41, 5.74) is 1.37. The molecule has 0 unspecified atom stereocenters. The molecule has 0 radical (unpaired) electrons. The van der Waals surface area contributed by atoms with E-state index in [1.54, 1.807) is 32.0 Å². The molecule has 0 saturated carbocycles. The molecule has 2 rings (SSSR count). The monoisotopic (exact) mass is 289 g/mol. The van der Waals surface area contributed by atoms with Crippen LogP contribution in [0.15, 0.2) is 36.4 Å². The lowest BCUT2D eigenvalue weighted by Crippen LogP contribution is -1.99. The van der Waals surface area contributed by atoms with E-state index in [2.05, 4.69) is 0 Å². The molecule has 0 heterocycles. The van der Waals surface area contributed by atoms with Crippen LogP contribution in [-0.2, 0) is 0 Å². The first-order valence-electron chi connectivity index (χ1n) is 6.01. The Hall–Kier alpha value is -2.74. The molecule has 0 amide bonds. The first-order valence-corrected chi connectivity index (χ1v) is 6.01. The maximum absolute atomic E-state index is 12.7. The number of carbonyl (C=O) groups is 1. The fraction of sp³-hybridized carbons (Fsp3) is 0.125. The van der Waals surface area contributed by atoms with E-state index in [1.165, 1.54) is 24.3 Å². The third-order valence-electron chi connectivity index (χ3n) is 2.60. The molecule has 0 fully saturated rings. The van der Waals surface area contributed by atoms with E-state index in [4.69, 9.17) is 10.4 Å². The van der Waals surface area contributed by atoms with Crippen LogP contribution in [0, 0.1) is 36.8 Å². The maximum atomic E-state index is 12.7. The van der Waals surface area contributed by atoms with Gasteiger partial charge in [0.2, 0.25) is 0 Å². The number of aryl methyl sites for hydroxylation is 2. The highest BCUT2D eigenvalue weighted by atomic mass is 19.1. The van der Waals surface area contributed by atoms with E-state index in [0.717, 1.165) is 5.56 Å². The minimum Gasteiger partial charge on any atom is -0.478 e. The molecule has 21 heavy (non-hydrogen) atoms. The fourth-order valence-corrected chi connectivity index (χ4v) is 1.50. The number of hydrogen-bond acceptors (Lipinski definition) is 2. The normalized spacial score (nSPS) is 9.29. The van der Waals surface area contributed by atoms with Crippen molar-refractivity contribution in [1.29, 1.82) is 5.26 Å². The molecule has 0 aliphatic carbocycles. The zero-order valence-electron chi connectivity index (χ0n) is 11.5. The van der Waals surface area contributed by atoms with E-state index in [0.29, 0.717) is 5.56 Å². The summed E-state index contributed by atoms with van der Waals surface area (Å²) in [5.74, 6) is -2.36. The maximum Gasteiger partial charge on any atom is 0.338 e. The van der Waals surface area contributed by atoms with Gasteiger partial charge in [-0.1, -0.05) is 12.1 Å². The van der Waals surface area contributed by atoms with Crippen molar-refractivity contribution in [2.75, 3.05) is 0 Å². The van der Waals surface area contributed by atoms with Gasteiger partial charge in [0.25, 0.3) is 0 Å². The van der Waals surface area contributed by atoms with E-state index in [9.17, 15) is 13.6 Å². The summed E-state index contributed by atoms with van der Waals surface area (Å²) >= 11 is 0. The van der Waals surface area contributed by atoms with Gasteiger partial charge in [0, 0.05) is 0 Å². The van der Waals surface area contributed by atoms with Gasteiger partial charge >= 0.3 is 5.97 Å². The Kier molecular flexibility index (Phi) is 5.56. The Morgan fingerprint density at radius 1 is 1.05 bits per heavy atom. The molecule has 1 N–H and O–H groups in total. The second-order valence-electron chi connectivity index (χ2n) is 4.38. The van der Waals surface area contributed by atoms with Crippen LogP contribution in [0.4, 0.5) is 8.78 Å². The summed E-state index contributed by atoms with van der Waals surface area (Å²) in [6.45, 7) is 3.49. The Morgan fingerprint density at radius 2 is 1.57 bits per heavy atom. The van der Waals surface area contributed by atoms with Crippen LogP contribution < -0.4 is 0 Å². The van der Waals surface area contributed by atoms with Gasteiger partial charge in [0.15, 0.2) is 0 Å². The predicted octanol–water partition coefficient (Wildman–Crippen LogP) is 3.84. The van der Waals surface area contributed by atoms with Gasteiger partial charge in [0.1, 0.15) is 17.7 Å². The topological polar surface area (TPSA) is 61.1 Å². The van der Waals surface area contributed by atoms with Crippen molar-refractivity contribution in [3.63, 3.8) is 0 Å². The molecule has 0 spiro atoms. The van der Waals surface area contributed by atoms with Crippen LogP contribution in [-0.4, -0.2) is 11.1 Å². The quantitative estimate of drug-likeness (QED) is 0.867. The number of nitriles is 1. The lowest BCUT2D eigenvalue weighted by atomic mass is 10.1. The van der Waals surface area contributed by atoms with Crippen molar-refractivity contribution < 1.29 is 18.7 Å². The van der Waals surface area contributed by atoms with Crippen LogP contribution in [0.25, 0.3) is 0 Å². The van der Waals surface area contributed by atoms with Gasteiger partial charge in [-0.2, -0.15) is 5.26 Å². The predicted molar refractivity (Wildman–Crippen MR) is 73.9 cm³/mol. The smallest absolute Gasteiger partial charge is 0.338 e. The Labute approximate surface area is 121 Å². The summed E-state index contributed by atoms with van der Waals surface area (Å²) in [6, 6.07) is 10.3. The Morgan fingerprint density at radius 3 is 2.00 bits per heavy atom. The molecule has 0 atom stereocenters. The zero-order valence-corrected chi connectivity index (χ0v) is 11.5. The average molecular weight is 289 g/mol. The second kappa shape index (κ2) is 7.15. The van der Waals surface area contributed by atoms with E-state index in [1.807, 2.05) is 0 Å². The summed E-state index contributed by atoms with van der Waals surface area (Å²) in [7, 11) is 0. The van der Waals surface area contributed by atoms with Crippen molar-refractivity contribution >= 4 is 5.97 Å². The highest BCUT2D eigenvalue weighted by molar-refractivity contribution is 5.87. The zero-order chi connectivity index (χ0) is 16.0.